The van der Waals surface area contributed by atoms with Crippen LogP contribution in [0.2, 0.25) is 0 Å². The van der Waals surface area contributed by atoms with Gasteiger partial charge in [0, 0.05) is 26.5 Å². The van der Waals surface area contributed by atoms with E-state index in [-0.39, 0.29) is 5.41 Å². The summed E-state index contributed by atoms with van der Waals surface area (Å²) in [5.41, 5.74) is 8.57. The van der Waals surface area contributed by atoms with Gasteiger partial charge in [0.1, 0.15) is 0 Å². The molecule has 0 radical (unpaired) electrons. The first-order valence-corrected chi connectivity index (χ1v) is 10.6. The van der Waals surface area contributed by atoms with Crippen LogP contribution < -0.4 is 0 Å². The number of hydrogen-bond acceptors (Lipinski definition) is 0. The second-order valence-corrected chi connectivity index (χ2v) is 8.51. The van der Waals surface area contributed by atoms with Crippen LogP contribution in [0.25, 0.3) is 22.2 Å². The summed E-state index contributed by atoms with van der Waals surface area (Å²) >= 11 is 3.70. The van der Waals surface area contributed by atoms with Crippen molar-refractivity contribution < 1.29 is 0 Å². The first-order chi connectivity index (χ1) is 14.3. The van der Waals surface area contributed by atoms with Crippen molar-refractivity contribution in [1.82, 2.24) is 4.98 Å². The molecule has 4 aromatic carbocycles. The van der Waals surface area contributed by atoms with Crippen LogP contribution in [-0.4, -0.2) is 4.98 Å². The van der Waals surface area contributed by atoms with E-state index in [1.54, 1.807) is 0 Å². The summed E-state index contributed by atoms with van der Waals surface area (Å²) in [7, 11) is 0. The molecule has 6 rings (SSSR count). The molecule has 0 unspecified atom stereocenters. The zero-order valence-electron chi connectivity index (χ0n) is 15.7. The zero-order valence-corrected chi connectivity index (χ0v) is 17.3. The molecule has 5 aromatic rings. The second kappa shape index (κ2) is 6.20. The van der Waals surface area contributed by atoms with Gasteiger partial charge >= 0.3 is 0 Å². The van der Waals surface area contributed by atoms with Crippen LogP contribution in [0.4, 0.5) is 0 Å². The van der Waals surface area contributed by atoms with E-state index < -0.39 is 0 Å². The Hall–Kier alpha value is -3.10. The molecule has 1 heterocycles. The number of aromatic nitrogens is 1. The predicted octanol–water partition coefficient (Wildman–Crippen LogP) is 7.29. The number of fused-ring (bicyclic) bond motifs is 5. The summed E-state index contributed by atoms with van der Waals surface area (Å²) in [6.45, 7) is 0. The number of H-pyrrole nitrogens is 1. The standard InChI is InChI=1S/C27H18BrN/c28-20-15-16-24-22(17-20)25-26(29-24)21-13-7-8-14-23(21)27(25,18-9-3-1-4-10-18)19-11-5-2-6-12-19/h1-17,29H. The van der Waals surface area contributed by atoms with Gasteiger partial charge in [-0.05, 0) is 34.9 Å². The van der Waals surface area contributed by atoms with Crippen LogP contribution >= 0.6 is 15.9 Å². The molecule has 1 aliphatic carbocycles. The Morgan fingerprint density at radius 3 is 1.97 bits per heavy atom. The maximum Gasteiger partial charge on any atom is 0.0735 e. The molecule has 2 heteroatoms. The SMILES string of the molecule is Brc1ccc2[nH]c3c(c2c1)C(c1ccccc1)(c1ccccc1)c1ccccc1-3. The molecule has 0 atom stereocenters. The van der Waals surface area contributed by atoms with Gasteiger partial charge in [-0.3, -0.25) is 0 Å². The molecule has 1 N–H and O–H groups in total. The van der Waals surface area contributed by atoms with Gasteiger partial charge in [-0.2, -0.15) is 0 Å². The number of halogens is 1. The van der Waals surface area contributed by atoms with Crippen molar-refractivity contribution in [2.24, 2.45) is 0 Å². The topological polar surface area (TPSA) is 15.8 Å². The number of hydrogen-bond donors (Lipinski definition) is 1. The Labute approximate surface area is 178 Å². The van der Waals surface area contributed by atoms with Crippen molar-refractivity contribution in [3.05, 3.63) is 130 Å². The van der Waals surface area contributed by atoms with Gasteiger partial charge in [0.2, 0.25) is 0 Å². The molecule has 0 aliphatic heterocycles. The third-order valence-corrected chi connectivity index (χ3v) is 6.64. The summed E-state index contributed by atoms with van der Waals surface area (Å²) in [5, 5.41) is 1.26. The number of aromatic amines is 1. The average molecular weight is 436 g/mol. The lowest BCUT2D eigenvalue weighted by Gasteiger charge is -2.33. The Morgan fingerprint density at radius 2 is 1.28 bits per heavy atom. The minimum atomic E-state index is -0.354. The number of nitrogens with one attached hydrogen (secondary N) is 1. The number of rotatable bonds is 2. The Bertz CT molecular complexity index is 1310. The molecule has 0 saturated heterocycles. The summed E-state index contributed by atoms with van der Waals surface area (Å²) < 4.78 is 1.10. The first-order valence-electron chi connectivity index (χ1n) is 9.83. The van der Waals surface area contributed by atoms with Gasteiger partial charge in [-0.25, -0.2) is 0 Å². The lowest BCUT2D eigenvalue weighted by molar-refractivity contribution is 0.776. The summed E-state index contributed by atoms with van der Waals surface area (Å²) in [6.07, 6.45) is 0. The van der Waals surface area contributed by atoms with Crippen LogP contribution in [0, 0.1) is 0 Å². The molecule has 0 amide bonds. The van der Waals surface area contributed by atoms with E-state index in [1.807, 2.05) is 0 Å². The van der Waals surface area contributed by atoms with Crippen molar-refractivity contribution in [3.8, 4) is 11.3 Å². The second-order valence-electron chi connectivity index (χ2n) is 7.59. The normalized spacial score (nSPS) is 14.0. The van der Waals surface area contributed by atoms with Crippen LogP contribution in [0.15, 0.2) is 108 Å². The maximum absolute atomic E-state index is 3.73. The van der Waals surface area contributed by atoms with Gasteiger partial charge in [-0.1, -0.05) is 101 Å². The van der Waals surface area contributed by atoms with Crippen LogP contribution in [0.1, 0.15) is 22.3 Å². The maximum atomic E-state index is 3.73. The van der Waals surface area contributed by atoms with Crippen LogP contribution in [-0.2, 0) is 5.41 Å². The van der Waals surface area contributed by atoms with E-state index in [4.69, 9.17) is 0 Å². The zero-order chi connectivity index (χ0) is 19.4. The highest BCUT2D eigenvalue weighted by Gasteiger charge is 2.48. The number of benzene rings is 4. The Balaban J connectivity index is 1.87. The van der Waals surface area contributed by atoms with Crippen molar-refractivity contribution in [3.63, 3.8) is 0 Å². The minimum absolute atomic E-state index is 0.354. The van der Waals surface area contributed by atoms with Gasteiger partial charge < -0.3 is 4.98 Å². The molecular weight excluding hydrogens is 418 g/mol. The highest BCUT2D eigenvalue weighted by molar-refractivity contribution is 9.10. The molecule has 0 spiro atoms. The van der Waals surface area contributed by atoms with E-state index in [0.29, 0.717) is 0 Å². The van der Waals surface area contributed by atoms with Gasteiger partial charge in [0.05, 0.1) is 11.1 Å². The van der Waals surface area contributed by atoms with Crippen molar-refractivity contribution in [2.75, 3.05) is 0 Å². The lowest BCUT2D eigenvalue weighted by atomic mass is 9.67. The molecule has 1 aromatic heterocycles. The monoisotopic (exact) mass is 435 g/mol. The fourth-order valence-corrected chi connectivity index (χ4v) is 5.42. The summed E-state index contributed by atoms with van der Waals surface area (Å²) in [6, 6.07) is 37.1. The van der Waals surface area contributed by atoms with Crippen molar-refractivity contribution in [2.45, 2.75) is 5.41 Å². The minimum Gasteiger partial charge on any atom is -0.354 e. The van der Waals surface area contributed by atoms with Crippen molar-refractivity contribution >= 4 is 26.8 Å². The quantitative estimate of drug-likeness (QED) is 0.293. The third-order valence-electron chi connectivity index (χ3n) is 6.15. The summed E-state index contributed by atoms with van der Waals surface area (Å²) in [5.74, 6) is 0. The summed E-state index contributed by atoms with van der Waals surface area (Å²) in [4.78, 5) is 3.73. The molecule has 1 aliphatic rings. The average Bonchev–Trinajstić information content (AvgIpc) is 3.28. The van der Waals surface area contributed by atoms with E-state index >= 15 is 0 Å². The molecule has 138 valence electrons. The van der Waals surface area contributed by atoms with E-state index in [9.17, 15) is 0 Å². The largest absolute Gasteiger partial charge is 0.354 e. The van der Waals surface area contributed by atoms with Crippen molar-refractivity contribution in [1.29, 1.82) is 0 Å². The van der Waals surface area contributed by atoms with Gasteiger partial charge in [-0.15, -0.1) is 0 Å². The predicted molar refractivity (Wildman–Crippen MR) is 123 cm³/mol. The Morgan fingerprint density at radius 1 is 0.655 bits per heavy atom. The molecule has 0 bridgehead atoms. The van der Waals surface area contributed by atoms with Gasteiger partial charge in [0.25, 0.3) is 0 Å². The smallest absolute Gasteiger partial charge is 0.0735 e. The molecular formula is C27H18BrN. The molecule has 1 nitrogen and oxygen atoms in total. The molecule has 29 heavy (non-hydrogen) atoms. The fraction of sp³-hybridized carbons (Fsp3) is 0.0370. The fourth-order valence-electron chi connectivity index (χ4n) is 5.06. The van der Waals surface area contributed by atoms with E-state index in [0.717, 1.165) is 4.47 Å². The molecule has 0 saturated carbocycles. The Kier molecular flexibility index (Phi) is 3.60. The highest BCUT2D eigenvalue weighted by atomic mass is 79.9. The van der Waals surface area contributed by atoms with E-state index in [1.165, 1.54) is 44.4 Å². The molecule has 0 fully saturated rings. The lowest BCUT2D eigenvalue weighted by Crippen LogP contribution is -2.28. The van der Waals surface area contributed by atoms with Gasteiger partial charge in [0.15, 0.2) is 0 Å². The first kappa shape index (κ1) is 16.8. The van der Waals surface area contributed by atoms with Crippen LogP contribution in [0.5, 0.6) is 0 Å². The highest BCUT2D eigenvalue weighted by Crippen LogP contribution is 2.58. The van der Waals surface area contributed by atoms with E-state index in [2.05, 4.69) is 124 Å². The van der Waals surface area contributed by atoms with Crippen LogP contribution in [0.3, 0.4) is 0 Å². The third kappa shape index (κ3) is 2.21.